The first kappa shape index (κ1) is 14.2. The first-order valence-electron chi connectivity index (χ1n) is 7.01. The second kappa shape index (κ2) is 8.09. The van der Waals surface area contributed by atoms with Gasteiger partial charge >= 0.3 is 0 Å². The summed E-state index contributed by atoms with van der Waals surface area (Å²) in [4.78, 5) is 0. The number of benzene rings is 1. The molecule has 106 valence electrons. The van der Waals surface area contributed by atoms with Crippen molar-refractivity contribution in [3.63, 3.8) is 0 Å². The molecule has 0 amide bonds. The summed E-state index contributed by atoms with van der Waals surface area (Å²) >= 11 is 0. The van der Waals surface area contributed by atoms with Gasteiger partial charge in [0, 0.05) is 5.56 Å². The molecule has 5 nitrogen and oxygen atoms in total. The van der Waals surface area contributed by atoms with Crippen molar-refractivity contribution < 1.29 is 4.74 Å². The lowest BCUT2D eigenvalue weighted by Crippen LogP contribution is -2.00. The van der Waals surface area contributed by atoms with E-state index in [2.05, 4.69) is 22.2 Å². The van der Waals surface area contributed by atoms with Gasteiger partial charge in [0.1, 0.15) is 18.4 Å². The van der Waals surface area contributed by atoms with Crippen LogP contribution in [-0.4, -0.2) is 27.7 Å². The van der Waals surface area contributed by atoms with E-state index >= 15 is 0 Å². The van der Waals surface area contributed by atoms with Crippen molar-refractivity contribution in [3.05, 3.63) is 42.5 Å². The van der Waals surface area contributed by atoms with E-state index < -0.39 is 0 Å². The van der Waals surface area contributed by atoms with Crippen molar-refractivity contribution >= 4 is 6.21 Å². The second-order valence-corrected chi connectivity index (χ2v) is 4.53. The molecule has 0 aliphatic heterocycles. The van der Waals surface area contributed by atoms with Crippen molar-refractivity contribution in [1.82, 2.24) is 14.9 Å². The number of para-hydroxylation sites is 1. The van der Waals surface area contributed by atoms with Crippen LogP contribution in [0.4, 0.5) is 0 Å². The Hall–Kier alpha value is -2.17. The number of nitrogens with zero attached hydrogens (tertiary/aromatic N) is 4. The molecule has 0 spiro atoms. The van der Waals surface area contributed by atoms with Gasteiger partial charge in [-0.2, -0.15) is 5.10 Å². The van der Waals surface area contributed by atoms with Crippen LogP contribution in [-0.2, 0) is 0 Å². The largest absolute Gasteiger partial charge is 0.493 e. The smallest absolute Gasteiger partial charge is 0.141 e. The molecule has 5 heteroatoms. The molecule has 0 atom stereocenters. The van der Waals surface area contributed by atoms with Gasteiger partial charge in [0.25, 0.3) is 0 Å². The third-order valence-corrected chi connectivity index (χ3v) is 2.91. The summed E-state index contributed by atoms with van der Waals surface area (Å²) in [5.74, 6) is 0.862. The van der Waals surface area contributed by atoms with Crippen LogP contribution in [0.5, 0.6) is 5.75 Å². The van der Waals surface area contributed by atoms with Gasteiger partial charge in [-0.1, -0.05) is 38.3 Å². The fourth-order valence-corrected chi connectivity index (χ4v) is 1.81. The molecule has 0 fully saturated rings. The van der Waals surface area contributed by atoms with Crippen LogP contribution in [0.25, 0.3) is 0 Å². The minimum absolute atomic E-state index is 0.748. The fraction of sp³-hybridized carbons (Fsp3) is 0.400. The predicted molar refractivity (Wildman–Crippen MR) is 79.1 cm³/mol. The Kier molecular flexibility index (Phi) is 5.76. The number of rotatable bonds is 8. The molecule has 0 saturated heterocycles. The van der Waals surface area contributed by atoms with Gasteiger partial charge in [0.2, 0.25) is 0 Å². The highest BCUT2D eigenvalue weighted by Crippen LogP contribution is 2.16. The second-order valence-electron chi connectivity index (χ2n) is 4.53. The molecule has 0 aliphatic carbocycles. The highest BCUT2D eigenvalue weighted by Gasteiger charge is 2.00. The Labute approximate surface area is 119 Å². The van der Waals surface area contributed by atoms with Crippen molar-refractivity contribution in [1.29, 1.82) is 0 Å². The van der Waals surface area contributed by atoms with Gasteiger partial charge < -0.3 is 4.74 Å². The Bertz CT molecular complexity index is 522. The van der Waals surface area contributed by atoms with Gasteiger partial charge in [-0.15, -0.1) is 10.2 Å². The molecule has 1 heterocycles. The van der Waals surface area contributed by atoms with E-state index in [4.69, 9.17) is 4.74 Å². The summed E-state index contributed by atoms with van der Waals surface area (Å²) in [6.45, 7) is 2.95. The summed E-state index contributed by atoms with van der Waals surface area (Å²) in [6.07, 6.45) is 9.65. The van der Waals surface area contributed by atoms with Gasteiger partial charge in [0.15, 0.2) is 0 Å². The molecule has 0 radical (unpaired) electrons. The SMILES string of the molecule is CCCCCCOc1ccccc1/C=N\n1cnnc1. The van der Waals surface area contributed by atoms with E-state index in [0.717, 1.165) is 24.3 Å². The fourth-order valence-electron chi connectivity index (χ4n) is 1.81. The first-order chi connectivity index (χ1) is 9.90. The molecule has 2 rings (SSSR count). The maximum absolute atomic E-state index is 5.82. The zero-order chi connectivity index (χ0) is 14.0. The van der Waals surface area contributed by atoms with Crippen LogP contribution in [0.1, 0.15) is 38.2 Å². The molecule has 2 aromatic rings. The van der Waals surface area contributed by atoms with E-state index in [-0.39, 0.29) is 0 Å². The molecule has 0 unspecified atom stereocenters. The summed E-state index contributed by atoms with van der Waals surface area (Å²) < 4.78 is 7.38. The van der Waals surface area contributed by atoms with Crippen molar-refractivity contribution in [3.8, 4) is 5.75 Å². The number of aromatic nitrogens is 3. The standard InChI is InChI=1S/C15H20N4O/c1-2-3-4-7-10-20-15-9-6-5-8-14(15)11-18-19-12-16-17-13-19/h5-6,8-9,11-13H,2-4,7,10H2,1H3/b18-11-. The molecular formula is C15H20N4O. The number of unbranched alkanes of at least 4 members (excludes halogenated alkanes) is 3. The van der Waals surface area contributed by atoms with E-state index in [9.17, 15) is 0 Å². The Morgan fingerprint density at radius 2 is 1.95 bits per heavy atom. The minimum Gasteiger partial charge on any atom is -0.493 e. The normalized spacial score (nSPS) is 11.1. The lowest BCUT2D eigenvalue weighted by Gasteiger charge is -2.08. The molecule has 0 N–H and O–H groups in total. The predicted octanol–water partition coefficient (Wildman–Crippen LogP) is 3.12. The quantitative estimate of drug-likeness (QED) is 0.548. The molecule has 1 aromatic heterocycles. The minimum atomic E-state index is 0.748. The first-order valence-corrected chi connectivity index (χ1v) is 7.01. The average Bonchev–Trinajstić information content (AvgIpc) is 2.99. The third kappa shape index (κ3) is 4.50. The van der Waals surface area contributed by atoms with E-state index in [1.807, 2.05) is 24.3 Å². The van der Waals surface area contributed by atoms with Gasteiger partial charge in [-0.25, -0.2) is 4.68 Å². The maximum atomic E-state index is 5.82. The van der Waals surface area contributed by atoms with Crippen molar-refractivity contribution in [2.45, 2.75) is 32.6 Å². The van der Waals surface area contributed by atoms with Gasteiger partial charge in [-0.05, 0) is 18.6 Å². The van der Waals surface area contributed by atoms with Crippen molar-refractivity contribution in [2.24, 2.45) is 5.10 Å². The molecule has 1 aromatic carbocycles. The molecule has 20 heavy (non-hydrogen) atoms. The summed E-state index contributed by atoms with van der Waals surface area (Å²) in [7, 11) is 0. The van der Waals surface area contributed by atoms with Crippen molar-refractivity contribution in [2.75, 3.05) is 6.61 Å². The van der Waals surface area contributed by atoms with Crippen LogP contribution in [0.2, 0.25) is 0 Å². The summed E-state index contributed by atoms with van der Waals surface area (Å²) in [5.41, 5.74) is 0.955. The Morgan fingerprint density at radius 3 is 2.75 bits per heavy atom. The van der Waals surface area contributed by atoms with E-state index in [1.54, 1.807) is 23.5 Å². The highest BCUT2D eigenvalue weighted by molar-refractivity contribution is 5.83. The molecular weight excluding hydrogens is 252 g/mol. The van der Waals surface area contributed by atoms with Crippen LogP contribution < -0.4 is 4.74 Å². The highest BCUT2D eigenvalue weighted by atomic mass is 16.5. The van der Waals surface area contributed by atoms with E-state index in [1.165, 1.54) is 19.3 Å². The maximum Gasteiger partial charge on any atom is 0.141 e. The lowest BCUT2D eigenvalue weighted by molar-refractivity contribution is 0.304. The topological polar surface area (TPSA) is 52.3 Å². The Morgan fingerprint density at radius 1 is 1.15 bits per heavy atom. The Balaban J connectivity index is 1.92. The molecule has 0 saturated carbocycles. The monoisotopic (exact) mass is 272 g/mol. The van der Waals surface area contributed by atoms with E-state index in [0.29, 0.717) is 0 Å². The lowest BCUT2D eigenvalue weighted by atomic mass is 10.2. The molecule has 0 aliphatic rings. The van der Waals surface area contributed by atoms with Gasteiger partial charge in [-0.3, -0.25) is 0 Å². The van der Waals surface area contributed by atoms with Crippen LogP contribution >= 0.6 is 0 Å². The third-order valence-electron chi connectivity index (χ3n) is 2.91. The average molecular weight is 272 g/mol. The van der Waals surface area contributed by atoms with Crippen LogP contribution in [0, 0.1) is 0 Å². The summed E-state index contributed by atoms with van der Waals surface area (Å²) in [6, 6.07) is 7.89. The van der Waals surface area contributed by atoms with Crippen LogP contribution in [0.15, 0.2) is 42.0 Å². The molecule has 0 bridgehead atoms. The van der Waals surface area contributed by atoms with Crippen LogP contribution in [0.3, 0.4) is 0 Å². The summed E-state index contributed by atoms with van der Waals surface area (Å²) in [5, 5.41) is 11.6. The zero-order valence-electron chi connectivity index (χ0n) is 11.8. The number of hydrogen-bond donors (Lipinski definition) is 0. The zero-order valence-corrected chi connectivity index (χ0v) is 11.8. The van der Waals surface area contributed by atoms with Gasteiger partial charge in [0.05, 0.1) is 12.8 Å². The number of hydrogen-bond acceptors (Lipinski definition) is 4. The number of ether oxygens (including phenoxy) is 1.